The summed E-state index contributed by atoms with van der Waals surface area (Å²) in [6, 6.07) is 29.1. The molecule has 8 nitrogen and oxygen atoms in total. The lowest BCUT2D eigenvalue weighted by Gasteiger charge is -2.26. The van der Waals surface area contributed by atoms with Gasteiger partial charge in [0.05, 0.1) is 43.1 Å². The van der Waals surface area contributed by atoms with Crippen LogP contribution in [0.4, 0.5) is 5.69 Å². The number of methoxy groups -OCH3 is 2. The van der Waals surface area contributed by atoms with E-state index in [4.69, 9.17) is 9.47 Å². The minimum atomic E-state index is -4.00. The van der Waals surface area contributed by atoms with Crippen molar-refractivity contribution in [3.63, 3.8) is 0 Å². The largest absolute Gasteiger partial charge is 0.497 e. The van der Waals surface area contributed by atoms with Gasteiger partial charge in [0.2, 0.25) is 0 Å². The first-order valence-electron chi connectivity index (χ1n) is 11.7. The number of benzene rings is 4. The number of sulfonamides is 1. The summed E-state index contributed by atoms with van der Waals surface area (Å²) in [5.41, 5.74) is 4.28. The van der Waals surface area contributed by atoms with Gasteiger partial charge in [0.1, 0.15) is 11.5 Å². The summed E-state index contributed by atoms with van der Waals surface area (Å²) in [7, 11) is -0.923. The number of nitrogens with one attached hydrogen (secondary N) is 1. The van der Waals surface area contributed by atoms with Gasteiger partial charge in [-0.3, -0.25) is 9.10 Å². The Bertz CT molecular complexity index is 1520. The summed E-state index contributed by atoms with van der Waals surface area (Å²) < 4.78 is 39.3. The van der Waals surface area contributed by atoms with Crippen molar-refractivity contribution < 1.29 is 22.7 Å². The third-order valence-electron chi connectivity index (χ3n) is 5.73. The minimum Gasteiger partial charge on any atom is -0.497 e. The summed E-state index contributed by atoms with van der Waals surface area (Å²) in [6.07, 6.45) is 1.45. The van der Waals surface area contributed by atoms with Crippen LogP contribution in [0.1, 0.15) is 21.5 Å². The summed E-state index contributed by atoms with van der Waals surface area (Å²) >= 11 is 0. The van der Waals surface area contributed by atoms with Gasteiger partial charge in [0, 0.05) is 11.6 Å². The zero-order valence-electron chi connectivity index (χ0n) is 20.9. The summed E-state index contributed by atoms with van der Waals surface area (Å²) in [4.78, 5) is 13.4. The molecule has 194 valence electrons. The highest BCUT2D eigenvalue weighted by molar-refractivity contribution is 7.92. The van der Waals surface area contributed by atoms with Gasteiger partial charge in [-0.05, 0) is 42.0 Å². The molecule has 0 saturated heterocycles. The first-order chi connectivity index (χ1) is 18.4. The van der Waals surface area contributed by atoms with E-state index in [0.717, 1.165) is 5.56 Å². The molecule has 0 unspecified atom stereocenters. The second-order valence-electron chi connectivity index (χ2n) is 8.13. The zero-order chi connectivity index (χ0) is 27.0. The van der Waals surface area contributed by atoms with E-state index in [1.165, 1.54) is 29.8 Å². The van der Waals surface area contributed by atoms with E-state index in [9.17, 15) is 13.2 Å². The lowest BCUT2D eigenvalue weighted by atomic mass is 10.1. The lowest BCUT2D eigenvalue weighted by Crippen LogP contribution is -2.33. The van der Waals surface area contributed by atoms with Crippen LogP contribution in [0.15, 0.2) is 113 Å². The number of rotatable bonds is 10. The van der Waals surface area contributed by atoms with Crippen LogP contribution in [0, 0.1) is 0 Å². The molecule has 4 aromatic carbocycles. The topological polar surface area (TPSA) is 97.3 Å². The maximum atomic E-state index is 13.8. The Hall–Kier alpha value is -4.63. The van der Waals surface area contributed by atoms with E-state index >= 15 is 0 Å². The van der Waals surface area contributed by atoms with E-state index < -0.39 is 15.9 Å². The van der Waals surface area contributed by atoms with Crippen molar-refractivity contribution in [3.8, 4) is 11.5 Å². The monoisotopic (exact) mass is 529 g/mol. The Morgan fingerprint density at radius 2 is 1.53 bits per heavy atom. The number of hydrogen-bond donors (Lipinski definition) is 1. The summed E-state index contributed by atoms with van der Waals surface area (Å²) in [5.74, 6) is 0.575. The maximum Gasteiger partial charge on any atom is 0.273 e. The van der Waals surface area contributed by atoms with Crippen LogP contribution in [0.5, 0.6) is 11.5 Å². The van der Waals surface area contributed by atoms with Gasteiger partial charge in [0.25, 0.3) is 15.9 Å². The molecule has 0 fully saturated rings. The van der Waals surface area contributed by atoms with Crippen molar-refractivity contribution in [2.45, 2.75) is 11.4 Å². The Balaban J connectivity index is 1.67. The molecule has 0 aromatic heterocycles. The van der Waals surface area contributed by atoms with Gasteiger partial charge in [-0.2, -0.15) is 5.10 Å². The van der Waals surface area contributed by atoms with Crippen molar-refractivity contribution in [3.05, 3.63) is 120 Å². The molecule has 0 aliphatic carbocycles. The number of carbonyl (C=O) groups is 1. The van der Waals surface area contributed by atoms with Crippen molar-refractivity contribution in [2.75, 3.05) is 18.5 Å². The maximum absolute atomic E-state index is 13.8. The van der Waals surface area contributed by atoms with Crippen molar-refractivity contribution in [1.82, 2.24) is 5.43 Å². The molecule has 38 heavy (non-hydrogen) atoms. The van der Waals surface area contributed by atoms with Gasteiger partial charge < -0.3 is 9.47 Å². The second-order valence-corrected chi connectivity index (χ2v) is 10.00. The smallest absolute Gasteiger partial charge is 0.273 e. The average molecular weight is 530 g/mol. The predicted molar refractivity (Wildman–Crippen MR) is 147 cm³/mol. The van der Waals surface area contributed by atoms with Crippen LogP contribution in [0.3, 0.4) is 0 Å². The van der Waals surface area contributed by atoms with Gasteiger partial charge in [-0.25, -0.2) is 13.8 Å². The first kappa shape index (κ1) is 26.4. The fourth-order valence-corrected chi connectivity index (χ4v) is 5.29. The van der Waals surface area contributed by atoms with Crippen LogP contribution < -0.4 is 19.2 Å². The number of carbonyl (C=O) groups excluding carboxylic acids is 1. The molecule has 9 heteroatoms. The molecule has 4 rings (SSSR count). The van der Waals surface area contributed by atoms with E-state index in [-0.39, 0.29) is 22.7 Å². The fraction of sp³-hybridized carbons (Fsp3) is 0.103. The molecule has 1 N–H and O–H groups in total. The molecule has 4 aromatic rings. The molecule has 0 radical (unpaired) electrons. The number of amides is 1. The van der Waals surface area contributed by atoms with Crippen LogP contribution in [0.25, 0.3) is 0 Å². The molecule has 0 heterocycles. The van der Waals surface area contributed by atoms with Crippen LogP contribution in [-0.2, 0) is 16.6 Å². The van der Waals surface area contributed by atoms with Crippen molar-refractivity contribution in [2.24, 2.45) is 5.10 Å². The summed E-state index contributed by atoms with van der Waals surface area (Å²) in [6.45, 7) is 0.0364. The first-order valence-corrected chi connectivity index (χ1v) is 13.1. The number of hydrazone groups is 1. The Morgan fingerprint density at radius 3 is 2.21 bits per heavy atom. The highest BCUT2D eigenvalue weighted by Crippen LogP contribution is 2.29. The van der Waals surface area contributed by atoms with Gasteiger partial charge in [-0.1, -0.05) is 60.7 Å². The van der Waals surface area contributed by atoms with E-state index in [2.05, 4.69) is 10.5 Å². The number of ether oxygens (including phenoxy) is 2. The molecular formula is C29H27N3O5S. The predicted octanol–water partition coefficient (Wildman–Crippen LogP) is 4.86. The number of hydrogen-bond acceptors (Lipinski definition) is 6. The zero-order valence-corrected chi connectivity index (χ0v) is 21.8. The highest BCUT2D eigenvalue weighted by Gasteiger charge is 2.28. The minimum absolute atomic E-state index is 0.0364. The summed E-state index contributed by atoms with van der Waals surface area (Å²) in [5, 5.41) is 4.07. The van der Waals surface area contributed by atoms with Gasteiger partial charge >= 0.3 is 0 Å². The number of para-hydroxylation sites is 1. The highest BCUT2D eigenvalue weighted by atomic mass is 32.2. The van der Waals surface area contributed by atoms with Crippen molar-refractivity contribution >= 4 is 27.8 Å². The molecule has 0 saturated carbocycles. The van der Waals surface area contributed by atoms with Gasteiger partial charge in [-0.15, -0.1) is 0 Å². The molecule has 0 spiro atoms. The number of nitrogens with zero attached hydrogens (tertiary/aromatic N) is 2. The molecule has 0 aliphatic heterocycles. The van der Waals surface area contributed by atoms with Crippen LogP contribution in [0.2, 0.25) is 0 Å². The fourth-order valence-electron chi connectivity index (χ4n) is 3.80. The van der Waals surface area contributed by atoms with Crippen LogP contribution in [-0.4, -0.2) is 34.8 Å². The molecule has 1 amide bonds. The SMILES string of the molecule is COc1ccc(/C=N/NC(=O)c2ccccc2N(Cc2ccccc2)S(=O)(=O)c2ccccc2)c(OC)c1. The molecule has 0 aliphatic rings. The molecule has 0 bridgehead atoms. The Morgan fingerprint density at radius 1 is 0.868 bits per heavy atom. The van der Waals surface area contributed by atoms with Crippen molar-refractivity contribution in [1.29, 1.82) is 0 Å². The molecule has 0 atom stereocenters. The molecular weight excluding hydrogens is 502 g/mol. The van der Waals surface area contributed by atoms with E-state index in [0.29, 0.717) is 17.1 Å². The number of anilines is 1. The third kappa shape index (κ3) is 6.01. The van der Waals surface area contributed by atoms with Crippen LogP contribution >= 0.6 is 0 Å². The third-order valence-corrected chi connectivity index (χ3v) is 7.50. The normalized spacial score (nSPS) is 11.2. The average Bonchev–Trinajstić information content (AvgIpc) is 2.97. The van der Waals surface area contributed by atoms with E-state index in [1.54, 1.807) is 67.8 Å². The lowest BCUT2D eigenvalue weighted by molar-refractivity contribution is 0.0955. The van der Waals surface area contributed by atoms with Gasteiger partial charge in [0.15, 0.2) is 0 Å². The Labute approximate surface area is 222 Å². The van der Waals surface area contributed by atoms with E-state index in [1.807, 2.05) is 30.3 Å². The Kier molecular flexibility index (Phi) is 8.40. The quantitative estimate of drug-likeness (QED) is 0.234. The standard InChI is InChI=1S/C29H27N3O5S/c1-36-24-18-17-23(28(19-24)37-2)20-30-31-29(33)26-15-9-10-16-27(26)32(21-22-11-5-3-6-12-22)38(34,35)25-13-7-4-8-14-25/h3-20H,21H2,1-2H3,(H,31,33)/b30-20+. The second kappa shape index (κ2) is 12.1.